The number of nitrogens with zero attached hydrogens (tertiary/aromatic N) is 2. The van der Waals surface area contributed by atoms with Crippen molar-refractivity contribution >= 4 is 5.91 Å². The molecule has 1 aromatic heterocycles. The molecule has 1 aromatic carbocycles. The van der Waals surface area contributed by atoms with Gasteiger partial charge in [0.05, 0.1) is 13.2 Å². The minimum Gasteiger partial charge on any atom is -0.497 e. The van der Waals surface area contributed by atoms with E-state index in [0.717, 1.165) is 29.9 Å². The number of carbonyl (C=O) groups excluding carboxylic acids is 1. The third-order valence-electron chi connectivity index (χ3n) is 4.23. The van der Waals surface area contributed by atoms with Gasteiger partial charge in [0, 0.05) is 19.0 Å². The quantitative estimate of drug-likeness (QED) is 0.849. The number of benzene rings is 1. The number of methoxy groups -OCH3 is 1. The lowest BCUT2D eigenvalue weighted by Crippen LogP contribution is -2.29. The number of ether oxygens (including phenoxy) is 1. The van der Waals surface area contributed by atoms with Gasteiger partial charge in [-0.2, -0.15) is 0 Å². The molecule has 0 N–H and O–H groups in total. The lowest BCUT2D eigenvalue weighted by atomic mass is 10.1. The third-order valence-corrected chi connectivity index (χ3v) is 4.23. The Bertz CT molecular complexity index is 659. The Hall–Kier alpha value is -2.30. The predicted molar refractivity (Wildman–Crippen MR) is 82.0 cm³/mol. The van der Waals surface area contributed by atoms with Gasteiger partial charge in [-0.3, -0.25) is 4.79 Å². The Morgan fingerprint density at radius 2 is 2.05 bits per heavy atom. The highest BCUT2D eigenvalue weighted by Crippen LogP contribution is 2.40. The largest absolute Gasteiger partial charge is 0.497 e. The molecular weight excluding hydrogens is 280 g/mol. The van der Waals surface area contributed by atoms with Gasteiger partial charge < -0.3 is 14.2 Å². The van der Waals surface area contributed by atoms with E-state index in [1.807, 2.05) is 31.2 Å². The average Bonchev–Trinajstić information content (AvgIpc) is 3.30. The van der Waals surface area contributed by atoms with Crippen LogP contribution >= 0.6 is 0 Å². The van der Waals surface area contributed by atoms with E-state index in [0.29, 0.717) is 11.6 Å². The topological polar surface area (TPSA) is 55.6 Å². The zero-order chi connectivity index (χ0) is 15.7. The van der Waals surface area contributed by atoms with Crippen molar-refractivity contribution in [1.82, 2.24) is 10.1 Å². The van der Waals surface area contributed by atoms with Crippen molar-refractivity contribution in [1.29, 1.82) is 0 Å². The Balaban J connectivity index is 1.72. The van der Waals surface area contributed by atoms with Crippen molar-refractivity contribution in [2.45, 2.75) is 31.7 Å². The molecule has 2 aromatic rings. The van der Waals surface area contributed by atoms with E-state index in [9.17, 15) is 4.79 Å². The lowest BCUT2D eigenvalue weighted by molar-refractivity contribution is 0.0732. The molecule has 0 spiro atoms. The summed E-state index contributed by atoms with van der Waals surface area (Å²) >= 11 is 0. The van der Waals surface area contributed by atoms with Crippen LogP contribution in [0.15, 0.2) is 34.9 Å². The molecule has 0 bridgehead atoms. The van der Waals surface area contributed by atoms with Crippen molar-refractivity contribution in [3.8, 4) is 5.75 Å². The molecular formula is C17H20N2O3. The molecule has 1 fully saturated rings. The van der Waals surface area contributed by atoms with E-state index in [-0.39, 0.29) is 11.9 Å². The first-order chi connectivity index (χ1) is 10.6. The highest BCUT2D eigenvalue weighted by Gasteiger charge is 2.30. The molecule has 1 heterocycles. The molecule has 1 saturated carbocycles. The van der Waals surface area contributed by atoms with Crippen LogP contribution in [0.5, 0.6) is 5.75 Å². The summed E-state index contributed by atoms with van der Waals surface area (Å²) in [6.45, 7) is 1.99. The highest BCUT2D eigenvalue weighted by molar-refractivity contribution is 5.92. The summed E-state index contributed by atoms with van der Waals surface area (Å²) in [5.41, 5.74) is 1.42. The van der Waals surface area contributed by atoms with E-state index in [4.69, 9.17) is 9.26 Å². The van der Waals surface area contributed by atoms with Gasteiger partial charge in [0.2, 0.25) is 0 Å². The van der Waals surface area contributed by atoms with Crippen LogP contribution in [0.2, 0.25) is 0 Å². The Morgan fingerprint density at radius 3 is 2.64 bits per heavy atom. The van der Waals surface area contributed by atoms with Crippen LogP contribution in [-0.2, 0) is 0 Å². The molecule has 116 valence electrons. The minimum absolute atomic E-state index is 0.0560. The summed E-state index contributed by atoms with van der Waals surface area (Å²) in [5.74, 6) is 1.96. The second kappa shape index (κ2) is 5.83. The standard InChI is InChI=1S/C17H20N2O3/c1-11(12-6-8-14(21-3)9-7-12)19(2)17(20)15-10-16(22-18-15)13-4-5-13/h6-11,13H,4-5H2,1-3H3. The molecule has 1 aliphatic rings. The van der Waals surface area contributed by atoms with E-state index in [1.54, 1.807) is 25.1 Å². The van der Waals surface area contributed by atoms with E-state index < -0.39 is 0 Å². The molecule has 22 heavy (non-hydrogen) atoms. The molecule has 3 rings (SSSR count). The van der Waals surface area contributed by atoms with Crippen LogP contribution in [0, 0.1) is 0 Å². The monoisotopic (exact) mass is 300 g/mol. The van der Waals surface area contributed by atoms with Gasteiger partial charge in [-0.15, -0.1) is 0 Å². The molecule has 0 radical (unpaired) electrons. The fourth-order valence-corrected chi connectivity index (χ4v) is 2.41. The first-order valence-corrected chi connectivity index (χ1v) is 7.48. The van der Waals surface area contributed by atoms with Crippen LogP contribution in [0.25, 0.3) is 0 Å². The zero-order valence-electron chi connectivity index (χ0n) is 13.1. The molecule has 1 unspecified atom stereocenters. The van der Waals surface area contributed by atoms with E-state index >= 15 is 0 Å². The summed E-state index contributed by atoms with van der Waals surface area (Å²) in [6.07, 6.45) is 2.25. The number of amides is 1. The van der Waals surface area contributed by atoms with Gasteiger partial charge >= 0.3 is 0 Å². The van der Waals surface area contributed by atoms with Crippen molar-refractivity contribution in [3.63, 3.8) is 0 Å². The number of aromatic nitrogens is 1. The maximum atomic E-state index is 12.5. The van der Waals surface area contributed by atoms with Gasteiger partial charge in [-0.05, 0) is 37.5 Å². The SMILES string of the molecule is COc1ccc(C(C)N(C)C(=O)c2cc(C3CC3)on2)cc1. The van der Waals surface area contributed by atoms with Crippen LogP contribution in [0.1, 0.15) is 53.5 Å². The second-order valence-electron chi connectivity index (χ2n) is 5.75. The zero-order valence-corrected chi connectivity index (χ0v) is 13.1. The van der Waals surface area contributed by atoms with Crippen LogP contribution in [0.4, 0.5) is 0 Å². The first kappa shape index (κ1) is 14.6. The number of hydrogen-bond donors (Lipinski definition) is 0. The van der Waals surface area contributed by atoms with Crippen LogP contribution in [-0.4, -0.2) is 30.1 Å². The number of carbonyl (C=O) groups is 1. The average molecular weight is 300 g/mol. The van der Waals surface area contributed by atoms with Gasteiger partial charge in [0.15, 0.2) is 5.69 Å². The van der Waals surface area contributed by atoms with E-state index in [1.165, 1.54) is 0 Å². The van der Waals surface area contributed by atoms with Gasteiger partial charge in [-0.1, -0.05) is 17.3 Å². The molecule has 0 saturated heterocycles. The number of hydrogen-bond acceptors (Lipinski definition) is 4. The Morgan fingerprint density at radius 1 is 1.36 bits per heavy atom. The minimum atomic E-state index is -0.126. The third kappa shape index (κ3) is 2.84. The summed E-state index contributed by atoms with van der Waals surface area (Å²) in [7, 11) is 3.42. The summed E-state index contributed by atoms with van der Waals surface area (Å²) in [5, 5.41) is 3.92. The normalized spacial score (nSPS) is 15.4. The molecule has 5 nitrogen and oxygen atoms in total. The van der Waals surface area contributed by atoms with Crippen molar-refractivity contribution < 1.29 is 14.1 Å². The first-order valence-electron chi connectivity index (χ1n) is 7.48. The molecule has 1 aliphatic carbocycles. The predicted octanol–water partition coefficient (Wildman–Crippen LogP) is 3.39. The molecule has 1 amide bonds. The summed E-state index contributed by atoms with van der Waals surface area (Å²) < 4.78 is 10.4. The molecule has 5 heteroatoms. The summed E-state index contributed by atoms with van der Waals surface area (Å²) in [6, 6.07) is 9.44. The molecule has 0 aliphatic heterocycles. The van der Waals surface area contributed by atoms with Crippen molar-refractivity contribution in [3.05, 3.63) is 47.3 Å². The van der Waals surface area contributed by atoms with E-state index in [2.05, 4.69) is 5.16 Å². The fraction of sp³-hybridized carbons (Fsp3) is 0.412. The van der Waals surface area contributed by atoms with Crippen molar-refractivity contribution in [2.75, 3.05) is 14.2 Å². The van der Waals surface area contributed by atoms with Gasteiger partial charge in [0.1, 0.15) is 11.5 Å². The Kier molecular flexibility index (Phi) is 3.88. The van der Waals surface area contributed by atoms with Crippen LogP contribution < -0.4 is 4.74 Å². The fourth-order valence-electron chi connectivity index (χ4n) is 2.41. The smallest absolute Gasteiger partial charge is 0.276 e. The molecule has 1 atom stereocenters. The van der Waals surface area contributed by atoms with Gasteiger partial charge in [0.25, 0.3) is 5.91 Å². The Labute approximate surface area is 129 Å². The lowest BCUT2D eigenvalue weighted by Gasteiger charge is -2.24. The van der Waals surface area contributed by atoms with Crippen LogP contribution in [0.3, 0.4) is 0 Å². The summed E-state index contributed by atoms with van der Waals surface area (Å²) in [4.78, 5) is 14.2. The maximum Gasteiger partial charge on any atom is 0.276 e. The highest BCUT2D eigenvalue weighted by atomic mass is 16.5. The number of rotatable bonds is 5. The van der Waals surface area contributed by atoms with Gasteiger partial charge in [-0.25, -0.2) is 0 Å². The second-order valence-corrected chi connectivity index (χ2v) is 5.75. The van der Waals surface area contributed by atoms with Crippen molar-refractivity contribution in [2.24, 2.45) is 0 Å². The maximum absolute atomic E-state index is 12.5.